The summed E-state index contributed by atoms with van der Waals surface area (Å²) in [5.41, 5.74) is 5.00. The summed E-state index contributed by atoms with van der Waals surface area (Å²) in [5, 5.41) is 0. The molecule has 1 nitrogen and oxygen atoms in total. The zero-order valence-corrected chi connectivity index (χ0v) is 9.17. The number of aromatic nitrogens is 1. The summed E-state index contributed by atoms with van der Waals surface area (Å²) in [7, 11) is 0. The number of hydrogen-bond acceptors (Lipinski definition) is 1. The SMILES string of the molecule is [2H]C([2H])([2H])C1=CC=C(c2cc(C)c(C)cn2)CC1. The lowest BCUT2D eigenvalue weighted by Gasteiger charge is -2.12. The maximum atomic E-state index is 7.38. The van der Waals surface area contributed by atoms with Gasteiger partial charge in [0.1, 0.15) is 0 Å². The summed E-state index contributed by atoms with van der Waals surface area (Å²) in [4.78, 5) is 4.41. The van der Waals surface area contributed by atoms with Crippen LogP contribution in [0.5, 0.6) is 0 Å². The van der Waals surface area contributed by atoms with Gasteiger partial charge in [0.15, 0.2) is 0 Å². The molecule has 1 aromatic rings. The maximum Gasteiger partial charge on any atom is 0.0664 e. The van der Waals surface area contributed by atoms with E-state index in [1.165, 1.54) is 11.1 Å². The molecular formula is C14H17N. The molecule has 0 spiro atoms. The van der Waals surface area contributed by atoms with Gasteiger partial charge in [-0.05, 0) is 56.3 Å². The third-order valence-electron chi connectivity index (χ3n) is 2.85. The Morgan fingerprint density at radius 2 is 2.07 bits per heavy atom. The van der Waals surface area contributed by atoms with E-state index >= 15 is 0 Å². The zero-order chi connectivity index (χ0) is 13.3. The summed E-state index contributed by atoms with van der Waals surface area (Å²) >= 11 is 0. The fourth-order valence-corrected chi connectivity index (χ4v) is 1.65. The van der Waals surface area contributed by atoms with Gasteiger partial charge in [-0.2, -0.15) is 0 Å². The summed E-state index contributed by atoms with van der Waals surface area (Å²) in [6.45, 7) is 2.14. The van der Waals surface area contributed by atoms with E-state index in [2.05, 4.69) is 18.0 Å². The summed E-state index contributed by atoms with van der Waals surface area (Å²) < 4.78 is 22.1. The van der Waals surface area contributed by atoms with E-state index in [4.69, 9.17) is 4.11 Å². The third kappa shape index (κ3) is 2.17. The standard InChI is InChI=1S/C14H17N/c1-10-4-6-13(7-5-10)14-8-11(2)12(3)9-15-14/h4,6,8-9H,5,7H2,1-3H3/i1D3. The number of hydrogen-bond donors (Lipinski definition) is 0. The van der Waals surface area contributed by atoms with Gasteiger partial charge in [0, 0.05) is 10.3 Å². The summed E-state index contributed by atoms with van der Waals surface area (Å²) in [5.74, 6) is 0. The van der Waals surface area contributed by atoms with E-state index in [9.17, 15) is 0 Å². The van der Waals surface area contributed by atoms with Crippen LogP contribution in [-0.2, 0) is 0 Å². The molecule has 0 aliphatic heterocycles. The largest absolute Gasteiger partial charge is 0.256 e. The van der Waals surface area contributed by atoms with Gasteiger partial charge in [-0.1, -0.05) is 17.7 Å². The number of nitrogens with zero attached hydrogens (tertiary/aromatic N) is 1. The number of rotatable bonds is 1. The van der Waals surface area contributed by atoms with Crippen LogP contribution < -0.4 is 0 Å². The van der Waals surface area contributed by atoms with Crippen LogP contribution in [0.25, 0.3) is 5.57 Å². The Morgan fingerprint density at radius 3 is 2.67 bits per heavy atom. The molecule has 0 amide bonds. The van der Waals surface area contributed by atoms with Crippen molar-refractivity contribution in [3.63, 3.8) is 0 Å². The normalized spacial score (nSPS) is 19.7. The molecule has 0 unspecified atom stereocenters. The zero-order valence-electron chi connectivity index (χ0n) is 12.2. The van der Waals surface area contributed by atoms with Crippen LogP contribution in [0.2, 0.25) is 0 Å². The molecule has 0 fully saturated rings. The fraction of sp³-hybridized carbons (Fsp3) is 0.357. The second kappa shape index (κ2) is 4.01. The van der Waals surface area contributed by atoms with Crippen LogP contribution in [0.1, 0.15) is 40.6 Å². The van der Waals surface area contributed by atoms with Crippen molar-refractivity contribution in [2.45, 2.75) is 33.5 Å². The Morgan fingerprint density at radius 1 is 1.20 bits per heavy atom. The molecule has 1 heteroatoms. The third-order valence-corrected chi connectivity index (χ3v) is 2.85. The van der Waals surface area contributed by atoms with Crippen molar-refractivity contribution in [1.29, 1.82) is 0 Å². The van der Waals surface area contributed by atoms with Gasteiger partial charge in [0.2, 0.25) is 0 Å². The van der Waals surface area contributed by atoms with Crippen LogP contribution in [0.15, 0.2) is 30.0 Å². The second-order valence-electron chi connectivity index (χ2n) is 4.04. The van der Waals surface area contributed by atoms with E-state index in [1.807, 2.05) is 19.2 Å². The van der Waals surface area contributed by atoms with Crippen LogP contribution in [0, 0.1) is 13.8 Å². The molecule has 0 N–H and O–H groups in total. The number of allylic oxidation sites excluding steroid dienone is 4. The topological polar surface area (TPSA) is 12.9 Å². The van der Waals surface area contributed by atoms with Gasteiger partial charge in [-0.15, -0.1) is 0 Å². The smallest absolute Gasteiger partial charge is 0.0664 e. The van der Waals surface area contributed by atoms with Gasteiger partial charge in [-0.3, -0.25) is 4.98 Å². The van der Waals surface area contributed by atoms with E-state index in [1.54, 1.807) is 6.08 Å². The van der Waals surface area contributed by atoms with E-state index in [0.717, 1.165) is 17.7 Å². The lowest BCUT2D eigenvalue weighted by molar-refractivity contribution is 0.966. The molecule has 78 valence electrons. The minimum Gasteiger partial charge on any atom is -0.256 e. The van der Waals surface area contributed by atoms with Gasteiger partial charge in [0.25, 0.3) is 0 Å². The van der Waals surface area contributed by atoms with Crippen molar-refractivity contribution in [1.82, 2.24) is 4.98 Å². The highest BCUT2D eigenvalue weighted by molar-refractivity contribution is 5.66. The molecule has 0 bridgehead atoms. The van der Waals surface area contributed by atoms with Crippen molar-refractivity contribution in [3.8, 4) is 0 Å². The van der Waals surface area contributed by atoms with E-state index in [0.29, 0.717) is 12.0 Å². The molecule has 1 aliphatic carbocycles. The highest BCUT2D eigenvalue weighted by Gasteiger charge is 2.07. The molecule has 2 rings (SSSR count). The maximum absolute atomic E-state index is 7.38. The molecule has 0 atom stereocenters. The first kappa shape index (κ1) is 7.00. The molecule has 0 saturated heterocycles. The molecule has 1 aliphatic rings. The van der Waals surface area contributed by atoms with Crippen molar-refractivity contribution < 1.29 is 4.11 Å². The van der Waals surface area contributed by atoms with Crippen molar-refractivity contribution in [3.05, 3.63) is 46.8 Å². The lowest BCUT2D eigenvalue weighted by Crippen LogP contribution is -1.96. The minimum absolute atomic E-state index is 0.537. The van der Waals surface area contributed by atoms with Crippen LogP contribution in [0.3, 0.4) is 0 Å². The van der Waals surface area contributed by atoms with E-state index in [-0.39, 0.29) is 0 Å². The predicted octanol–water partition coefficient (Wildman–Crippen LogP) is 3.82. The number of pyridine rings is 1. The monoisotopic (exact) mass is 202 g/mol. The molecule has 0 aromatic carbocycles. The van der Waals surface area contributed by atoms with Crippen LogP contribution in [0.4, 0.5) is 0 Å². The second-order valence-corrected chi connectivity index (χ2v) is 4.04. The van der Waals surface area contributed by atoms with Crippen molar-refractivity contribution in [2.24, 2.45) is 0 Å². The quantitative estimate of drug-likeness (QED) is 0.674. The predicted molar refractivity (Wildman–Crippen MR) is 64.7 cm³/mol. The van der Waals surface area contributed by atoms with Gasteiger partial charge < -0.3 is 0 Å². The first-order valence-electron chi connectivity index (χ1n) is 6.72. The van der Waals surface area contributed by atoms with Crippen LogP contribution in [-0.4, -0.2) is 4.98 Å². The molecule has 15 heavy (non-hydrogen) atoms. The molecule has 0 saturated carbocycles. The fourth-order valence-electron chi connectivity index (χ4n) is 1.65. The Labute approximate surface area is 95.8 Å². The Balaban J connectivity index is 2.29. The minimum atomic E-state index is -1.96. The van der Waals surface area contributed by atoms with Crippen molar-refractivity contribution in [2.75, 3.05) is 0 Å². The lowest BCUT2D eigenvalue weighted by atomic mass is 9.96. The Hall–Kier alpha value is -1.37. The number of aryl methyl sites for hydroxylation is 2. The summed E-state index contributed by atoms with van der Waals surface area (Å²) in [6, 6.07) is 2.06. The van der Waals surface area contributed by atoms with Gasteiger partial charge >= 0.3 is 0 Å². The summed E-state index contributed by atoms with van der Waals surface area (Å²) in [6.07, 6.45) is 6.83. The Kier molecular flexibility index (Phi) is 1.87. The average Bonchev–Trinajstić information content (AvgIpc) is 2.32. The van der Waals surface area contributed by atoms with E-state index < -0.39 is 6.85 Å². The van der Waals surface area contributed by atoms with Gasteiger partial charge in [-0.25, -0.2) is 0 Å². The molecule has 1 heterocycles. The van der Waals surface area contributed by atoms with Gasteiger partial charge in [0.05, 0.1) is 5.69 Å². The molecule has 1 aromatic heterocycles. The molecular weight excluding hydrogens is 182 g/mol. The highest BCUT2D eigenvalue weighted by atomic mass is 14.7. The molecule has 0 radical (unpaired) electrons. The first-order valence-corrected chi connectivity index (χ1v) is 5.22. The average molecular weight is 202 g/mol. The van der Waals surface area contributed by atoms with Crippen molar-refractivity contribution >= 4 is 5.57 Å². The first-order chi connectivity index (χ1) is 8.38. The highest BCUT2D eigenvalue weighted by Crippen LogP contribution is 2.25. The Bertz CT molecular complexity index is 524. The van der Waals surface area contributed by atoms with Crippen LogP contribution >= 0.6 is 0 Å².